The van der Waals surface area contributed by atoms with Crippen LogP contribution >= 0.6 is 11.6 Å². The fourth-order valence-corrected chi connectivity index (χ4v) is 2.06. The summed E-state index contributed by atoms with van der Waals surface area (Å²) in [6.45, 7) is 0. The Balaban J connectivity index is 1.66. The smallest absolute Gasteiger partial charge is 0.227 e. The van der Waals surface area contributed by atoms with Gasteiger partial charge < -0.3 is 5.32 Å². The lowest BCUT2D eigenvalue weighted by molar-refractivity contribution is 0.973. The van der Waals surface area contributed by atoms with Crippen molar-refractivity contribution in [2.75, 3.05) is 5.32 Å². The number of nitrogens with zero attached hydrogens (tertiary/aromatic N) is 3. The van der Waals surface area contributed by atoms with Crippen molar-refractivity contribution < 1.29 is 0 Å². The normalized spacial score (nSPS) is 22.2. The second-order valence-corrected chi connectivity index (χ2v) is 4.42. The second-order valence-electron chi connectivity index (χ2n) is 4.08. The average Bonchev–Trinajstić information content (AvgIpc) is 3.10. The van der Waals surface area contributed by atoms with E-state index < -0.39 is 0 Å². The van der Waals surface area contributed by atoms with E-state index in [9.17, 15) is 0 Å². The van der Waals surface area contributed by atoms with E-state index in [4.69, 9.17) is 11.6 Å². The van der Waals surface area contributed by atoms with Gasteiger partial charge in [-0.25, -0.2) is 9.97 Å². The molecule has 2 atom stereocenters. The summed E-state index contributed by atoms with van der Waals surface area (Å²) >= 11 is 5.70. The van der Waals surface area contributed by atoms with Gasteiger partial charge in [-0.1, -0.05) is 30.3 Å². The van der Waals surface area contributed by atoms with Crippen molar-refractivity contribution in [3.8, 4) is 0 Å². The van der Waals surface area contributed by atoms with E-state index in [2.05, 4.69) is 44.5 Å². The van der Waals surface area contributed by atoms with Gasteiger partial charge in [-0.05, 0) is 23.6 Å². The number of rotatable bonds is 3. The zero-order valence-corrected chi connectivity index (χ0v) is 9.80. The van der Waals surface area contributed by atoms with Crippen LogP contribution in [0.25, 0.3) is 0 Å². The van der Waals surface area contributed by atoms with Gasteiger partial charge in [0.1, 0.15) is 6.33 Å². The molecule has 1 aliphatic carbocycles. The molecule has 1 aromatic heterocycles. The van der Waals surface area contributed by atoms with Crippen LogP contribution in [-0.4, -0.2) is 21.0 Å². The third-order valence-electron chi connectivity index (χ3n) is 2.88. The third kappa shape index (κ3) is 2.36. The highest BCUT2D eigenvalue weighted by Crippen LogP contribution is 2.42. The molecule has 0 spiro atoms. The fourth-order valence-electron chi connectivity index (χ4n) is 1.93. The standard InChI is InChI=1S/C12H11ClN4/c13-11-14-7-15-12(17-11)16-10-6-9(10)8-4-2-1-3-5-8/h1-5,7,9-10H,6H2,(H,14,15,16,17). The molecule has 1 saturated carbocycles. The van der Waals surface area contributed by atoms with Crippen molar-refractivity contribution in [3.05, 3.63) is 47.5 Å². The van der Waals surface area contributed by atoms with Crippen LogP contribution in [0.5, 0.6) is 0 Å². The lowest BCUT2D eigenvalue weighted by Gasteiger charge is -2.03. The molecule has 0 bridgehead atoms. The topological polar surface area (TPSA) is 50.7 Å². The Morgan fingerprint density at radius 2 is 2.00 bits per heavy atom. The molecular weight excluding hydrogens is 236 g/mol. The van der Waals surface area contributed by atoms with Crippen LogP contribution in [0, 0.1) is 0 Å². The maximum absolute atomic E-state index is 5.70. The summed E-state index contributed by atoms with van der Waals surface area (Å²) in [5.74, 6) is 1.10. The van der Waals surface area contributed by atoms with Crippen LogP contribution in [0.3, 0.4) is 0 Å². The van der Waals surface area contributed by atoms with Gasteiger partial charge in [-0.2, -0.15) is 4.98 Å². The van der Waals surface area contributed by atoms with E-state index in [-0.39, 0.29) is 5.28 Å². The van der Waals surface area contributed by atoms with Crippen LogP contribution in [-0.2, 0) is 0 Å². The van der Waals surface area contributed by atoms with E-state index in [0.717, 1.165) is 6.42 Å². The number of halogens is 1. The van der Waals surface area contributed by atoms with Gasteiger partial charge in [0, 0.05) is 12.0 Å². The molecule has 86 valence electrons. The number of aromatic nitrogens is 3. The summed E-state index contributed by atoms with van der Waals surface area (Å²) in [6, 6.07) is 10.8. The Bertz CT molecular complexity index is 517. The van der Waals surface area contributed by atoms with Crippen LogP contribution in [0.2, 0.25) is 5.28 Å². The van der Waals surface area contributed by atoms with Crippen LogP contribution in [0.15, 0.2) is 36.7 Å². The summed E-state index contributed by atoms with van der Waals surface area (Å²) in [4.78, 5) is 11.8. The molecule has 0 saturated heterocycles. The maximum Gasteiger partial charge on any atom is 0.227 e. The van der Waals surface area contributed by atoms with Crippen molar-refractivity contribution >= 4 is 17.5 Å². The molecule has 3 rings (SSSR count). The molecule has 1 aromatic carbocycles. The Hall–Kier alpha value is -1.68. The fraction of sp³-hybridized carbons (Fsp3) is 0.250. The van der Waals surface area contributed by atoms with Gasteiger partial charge in [0.25, 0.3) is 0 Å². The number of nitrogens with one attached hydrogen (secondary N) is 1. The Labute approximate surface area is 104 Å². The van der Waals surface area contributed by atoms with Gasteiger partial charge in [0.05, 0.1) is 0 Å². The number of hydrogen-bond donors (Lipinski definition) is 1. The first-order valence-electron chi connectivity index (χ1n) is 5.49. The van der Waals surface area contributed by atoms with Crippen LogP contribution in [0.4, 0.5) is 5.95 Å². The second kappa shape index (κ2) is 4.30. The van der Waals surface area contributed by atoms with E-state index in [1.165, 1.54) is 11.9 Å². The molecule has 0 aliphatic heterocycles. The summed E-state index contributed by atoms with van der Waals surface area (Å²) < 4.78 is 0. The molecule has 1 fully saturated rings. The van der Waals surface area contributed by atoms with Gasteiger partial charge in [0.15, 0.2) is 0 Å². The number of benzene rings is 1. The van der Waals surface area contributed by atoms with Crippen LogP contribution < -0.4 is 5.32 Å². The van der Waals surface area contributed by atoms with Crippen molar-refractivity contribution in [1.29, 1.82) is 0 Å². The van der Waals surface area contributed by atoms with Crippen molar-refractivity contribution in [2.24, 2.45) is 0 Å². The van der Waals surface area contributed by atoms with Crippen LogP contribution in [0.1, 0.15) is 17.9 Å². The predicted octanol–water partition coefficient (Wildman–Crippen LogP) is 2.49. The van der Waals surface area contributed by atoms with E-state index in [0.29, 0.717) is 17.9 Å². The molecule has 1 N–H and O–H groups in total. The molecule has 5 heteroatoms. The third-order valence-corrected chi connectivity index (χ3v) is 3.06. The monoisotopic (exact) mass is 246 g/mol. The minimum absolute atomic E-state index is 0.222. The Morgan fingerprint density at radius 3 is 2.76 bits per heavy atom. The van der Waals surface area contributed by atoms with Crippen molar-refractivity contribution in [3.63, 3.8) is 0 Å². The Morgan fingerprint density at radius 1 is 1.18 bits per heavy atom. The SMILES string of the molecule is Clc1ncnc(NC2CC2c2ccccc2)n1. The molecule has 17 heavy (non-hydrogen) atoms. The molecule has 2 aromatic rings. The lowest BCUT2D eigenvalue weighted by atomic mass is 10.1. The first kappa shape index (κ1) is 10.5. The quantitative estimate of drug-likeness (QED) is 0.904. The molecule has 2 unspecified atom stereocenters. The van der Waals surface area contributed by atoms with Gasteiger partial charge in [-0.15, -0.1) is 0 Å². The highest BCUT2D eigenvalue weighted by Gasteiger charge is 2.38. The number of anilines is 1. The minimum atomic E-state index is 0.222. The van der Waals surface area contributed by atoms with Gasteiger partial charge >= 0.3 is 0 Å². The van der Waals surface area contributed by atoms with Crippen molar-refractivity contribution in [2.45, 2.75) is 18.4 Å². The summed E-state index contributed by atoms with van der Waals surface area (Å²) in [6.07, 6.45) is 2.52. The molecule has 0 amide bonds. The zero-order valence-electron chi connectivity index (χ0n) is 9.05. The molecule has 4 nitrogen and oxygen atoms in total. The largest absolute Gasteiger partial charge is 0.351 e. The minimum Gasteiger partial charge on any atom is -0.351 e. The van der Waals surface area contributed by atoms with E-state index >= 15 is 0 Å². The molecule has 1 aliphatic rings. The maximum atomic E-state index is 5.70. The molecule has 0 radical (unpaired) electrons. The first-order chi connectivity index (χ1) is 8.33. The number of hydrogen-bond acceptors (Lipinski definition) is 4. The summed E-state index contributed by atoms with van der Waals surface area (Å²) in [5, 5.41) is 3.48. The average molecular weight is 247 g/mol. The highest BCUT2D eigenvalue weighted by atomic mass is 35.5. The van der Waals surface area contributed by atoms with Gasteiger partial charge in [0.2, 0.25) is 11.2 Å². The lowest BCUT2D eigenvalue weighted by Crippen LogP contribution is -2.08. The van der Waals surface area contributed by atoms with Crippen molar-refractivity contribution in [1.82, 2.24) is 15.0 Å². The predicted molar refractivity (Wildman–Crippen MR) is 66.0 cm³/mol. The van der Waals surface area contributed by atoms with E-state index in [1.54, 1.807) is 0 Å². The summed E-state index contributed by atoms with van der Waals surface area (Å²) in [7, 11) is 0. The molecule has 1 heterocycles. The zero-order chi connectivity index (χ0) is 11.7. The van der Waals surface area contributed by atoms with Gasteiger partial charge in [-0.3, -0.25) is 0 Å². The summed E-state index contributed by atoms with van der Waals surface area (Å²) in [5.41, 5.74) is 1.35. The first-order valence-corrected chi connectivity index (χ1v) is 5.87. The Kier molecular flexibility index (Phi) is 2.65. The van der Waals surface area contributed by atoms with E-state index in [1.807, 2.05) is 6.07 Å². The molecular formula is C12H11ClN4. The highest BCUT2D eigenvalue weighted by molar-refractivity contribution is 6.28.